The van der Waals surface area contributed by atoms with E-state index in [0.29, 0.717) is 36.6 Å². The maximum atomic E-state index is 13.3. The summed E-state index contributed by atoms with van der Waals surface area (Å²) < 4.78 is 0. The number of hydrogen-bond donors (Lipinski definition) is 2. The molecule has 0 unspecified atom stereocenters. The van der Waals surface area contributed by atoms with Gasteiger partial charge in [-0.05, 0) is 90.8 Å². The number of nitrogens with zero attached hydrogens (tertiary/aromatic N) is 2. The number of hydrogen-bond acceptors (Lipinski definition) is 6. The van der Waals surface area contributed by atoms with Gasteiger partial charge in [-0.25, -0.2) is 4.98 Å². The minimum Gasteiger partial charge on any atom is -0.380 e. The Labute approximate surface area is 237 Å². The molecular formula is C33H33N3O3S. The summed E-state index contributed by atoms with van der Waals surface area (Å²) in [7, 11) is 0. The van der Waals surface area contributed by atoms with E-state index in [0.717, 1.165) is 41.9 Å². The van der Waals surface area contributed by atoms with Gasteiger partial charge in [0, 0.05) is 11.4 Å². The monoisotopic (exact) mass is 551 g/mol. The van der Waals surface area contributed by atoms with E-state index in [2.05, 4.69) is 40.7 Å². The molecule has 6 nitrogen and oxygen atoms in total. The number of fused-ring (bicyclic) bond motifs is 1. The molecule has 1 atom stereocenters. The fraction of sp³-hybridized carbons (Fsp3) is 0.364. The van der Waals surface area contributed by atoms with E-state index in [-0.39, 0.29) is 23.3 Å². The smallest absolute Gasteiger partial charge is 0.255 e. The Morgan fingerprint density at radius 1 is 1.10 bits per heavy atom. The number of ketones is 1. The van der Waals surface area contributed by atoms with Gasteiger partial charge in [0.15, 0.2) is 5.78 Å². The van der Waals surface area contributed by atoms with Gasteiger partial charge in [0.1, 0.15) is 11.9 Å². The molecule has 2 aromatic heterocycles. The number of aliphatic hydroxyl groups excluding tert-OH is 1. The lowest BCUT2D eigenvalue weighted by Gasteiger charge is -2.21. The maximum Gasteiger partial charge on any atom is 0.255 e. The molecule has 3 heterocycles. The third-order valence-corrected chi connectivity index (χ3v) is 9.80. The van der Waals surface area contributed by atoms with Crippen LogP contribution in [-0.4, -0.2) is 38.8 Å². The number of rotatable bonds is 8. The molecule has 204 valence electrons. The Kier molecular flexibility index (Phi) is 6.53. The van der Waals surface area contributed by atoms with Crippen LogP contribution >= 0.6 is 11.3 Å². The first-order valence-electron chi connectivity index (χ1n) is 14.3. The summed E-state index contributed by atoms with van der Waals surface area (Å²) in [6.07, 6.45) is 4.80. The summed E-state index contributed by atoms with van der Waals surface area (Å²) in [5.74, 6) is 1.18. The minimum atomic E-state index is -1.21. The minimum absolute atomic E-state index is 0.0856. The molecular weight excluding hydrogens is 518 g/mol. The van der Waals surface area contributed by atoms with Crippen molar-refractivity contribution in [3.05, 3.63) is 109 Å². The van der Waals surface area contributed by atoms with Gasteiger partial charge in [0.25, 0.3) is 5.56 Å². The highest BCUT2D eigenvalue weighted by atomic mass is 32.1. The first-order valence-corrected chi connectivity index (χ1v) is 15.2. The number of benzene rings is 2. The van der Waals surface area contributed by atoms with Crippen LogP contribution in [0.1, 0.15) is 77.2 Å². The highest BCUT2D eigenvalue weighted by Crippen LogP contribution is 2.53. The van der Waals surface area contributed by atoms with Gasteiger partial charge in [-0.2, -0.15) is 0 Å². The Bertz CT molecular complexity index is 1620. The number of aromatic amines is 1. The maximum absolute atomic E-state index is 13.3. The van der Waals surface area contributed by atoms with Gasteiger partial charge in [0.2, 0.25) is 0 Å². The van der Waals surface area contributed by atoms with Crippen LogP contribution in [0.5, 0.6) is 0 Å². The molecule has 2 saturated carbocycles. The number of Topliss-reactive ketones (excluding diaryl/α,β-unsaturated/α-hetero) is 1. The first kappa shape index (κ1) is 25.6. The fourth-order valence-corrected chi connectivity index (χ4v) is 7.08. The summed E-state index contributed by atoms with van der Waals surface area (Å²) in [5.41, 5.74) is 5.29. The van der Waals surface area contributed by atoms with E-state index in [1.165, 1.54) is 23.3 Å². The third-order valence-electron chi connectivity index (χ3n) is 8.72. The highest BCUT2D eigenvalue weighted by Gasteiger charge is 2.49. The lowest BCUT2D eigenvalue weighted by atomic mass is 9.97. The van der Waals surface area contributed by atoms with Crippen molar-refractivity contribution >= 4 is 17.1 Å². The van der Waals surface area contributed by atoms with Crippen molar-refractivity contribution < 1.29 is 9.90 Å². The highest BCUT2D eigenvalue weighted by molar-refractivity contribution is 7.10. The SMILES string of the molecule is O=C(CN1CCCc2nc(C3(c4cccs4)CC3)[nH]c(=O)c2C1)[C@H](O)c1cccc(-c2cccc(C3CC3)c2)c1. The Hall–Kier alpha value is -3.39. The predicted molar refractivity (Wildman–Crippen MR) is 157 cm³/mol. The molecule has 0 radical (unpaired) electrons. The van der Waals surface area contributed by atoms with Crippen LogP contribution in [-0.2, 0) is 23.2 Å². The molecule has 0 spiro atoms. The average Bonchev–Trinajstić information content (AvgIpc) is 3.91. The summed E-state index contributed by atoms with van der Waals surface area (Å²) in [6, 6.07) is 20.4. The number of thiophene rings is 1. The van der Waals surface area contributed by atoms with Crippen LogP contribution < -0.4 is 5.56 Å². The molecule has 2 N–H and O–H groups in total. The summed E-state index contributed by atoms with van der Waals surface area (Å²) in [4.78, 5) is 37.8. The van der Waals surface area contributed by atoms with Crippen LogP contribution in [0.4, 0.5) is 0 Å². The van der Waals surface area contributed by atoms with Crippen LogP contribution in [0.2, 0.25) is 0 Å². The normalized spacial score (nSPS) is 19.0. The molecule has 2 fully saturated rings. The van der Waals surface area contributed by atoms with Crippen molar-refractivity contribution in [2.45, 2.75) is 62.5 Å². The summed E-state index contributed by atoms with van der Waals surface area (Å²) in [6.45, 7) is 1.12. The third kappa shape index (κ3) is 4.87. The van der Waals surface area contributed by atoms with Crippen molar-refractivity contribution in [3.8, 4) is 11.1 Å². The van der Waals surface area contributed by atoms with Gasteiger partial charge >= 0.3 is 0 Å². The molecule has 4 aromatic rings. The molecule has 3 aliphatic rings. The van der Waals surface area contributed by atoms with Crippen molar-refractivity contribution in [2.75, 3.05) is 13.1 Å². The first-order chi connectivity index (χ1) is 19.5. The Morgan fingerprint density at radius 3 is 2.65 bits per heavy atom. The standard InChI is InChI=1S/C33H33N3O3S/c37-28(30(38)25-8-2-7-24(18-25)23-6-1-5-22(17-23)21-11-12-21)20-36-15-3-9-27-26(19-36)31(39)35-32(34-27)33(13-14-33)29-10-4-16-40-29/h1-2,4-8,10,16-18,21,30,38H,3,9,11-15,19-20H2,(H,34,35,39)/t30-/m1/s1. The second kappa shape index (κ2) is 10.2. The van der Waals surface area contributed by atoms with Gasteiger partial charge in [-0.3, -0.25) is 14.5 Å². The second-order valence-corrected chi connectivity index (χ2v) is 12.6. The van der Waals surface area contributed by atoms with E-state index >= 15 is 0 Å². The van der Waals surface area contributed by atoms with Crippen molar-refractivity contribution in [2.24, 2.45) is 0 Å². The zero-order valence-corrected chi connectivity index (χ0v) is 23.3. The van der Waals surface area contributed by atoms with E-state index in [1.807, 2.05) is 35.2 Å². The number of aliphatic hydroxyl groups is 1. The van der Waals surface area contributed by atoms with Crippen molar-refractivity contribution in [1.29, 1.82) is 0 Å². The number of carbonyl (C=O) groups is 1. The molecule has 2 aromatic carbocycles. The topological polar surface area (TPSA) is 86.3 Å². The number of aryl methyl sites for hydroxylation is 1. The van der Waals surface area contributed by atoms with Gasteiger partial charge in [0.05, 0.1) is 23.2 Å². The molecule has 1 aliphatic heterocycles. The van der Waals surface area contributed by atoms with E-state index < -0.39 is 6.10 Å². The number of carbonyl (C=O) groups excluding carboxylic acids is 1. The molecule has 0 amide bonds. The zero-order valence-electron chi connectivity index (χ0n) is 22.4. The average molecular weight is 552 g/mol. The van der Waals surface area contributed by atoms with Crippen molar-refractivity contribution in [3.63, 3.8) is 0 Å². The summed E-state index contributed by atoms with van der Waals surface area (Å²) >= 11 is 1.71. The van der Waals surface area contributed by atoms with Crippen LogP contribution in [0.15, 0.2) is 70.8 Å². The van der Waals surface area contributed by atoms with Crippen LogP contribution in [0, 0.1) is 0 Å². The van der Waals surface area contributed by atoms with E-state index in [9.17, 15) is 14.7 Å². The van der Waals surface area contributed by atoms with Gasteiger partial charge in [-0.1, -0.05) is 48.5 Å². The Balaban J connectivity index is 1.07. The van der Waals surface area contributed by atoms with Crippen molar-refractivity contribution in [1.82, 2.24) is 14.9 Å². The second-order valence-electron chi connectivity index (χ2n) is 11.6. The Morgan fingerprint density at radius 2 is 1.90 bits per heavy atom. The number of nitrogens with one attached hydrogen (secondary N) is 1. The molecule has 2 aliphatic carbocycles. The predicted octanol–water partition coefficient (Wildman–Crippen LogP) is 5.51. The number of H-pyrrole nitrogens is 1. The summed E-state index contributed by atoms with van der Waals surface area (Å²) in [5, 5.41) is 13.1. The van der Waals surface area contributed by atoms with Crippen LogP contribution in [0.3, 0.4) is 0 Å². The lowest BCUT2D eigenvalue weighted by molar-refractivity contribution is -0.128. The fourth-order valence-electron chi connectivity index (χ4n) is 6.09. The van der Waals surface area contributed by atoms with E-state index in [1.54, 1.807) is 11.3 Å². The van der Waals surface area contributed by atoms with Gasteiger partial charge < -0.3 is 10.1 Å². The number of aromatic nitrogens is 2. The molecule has 0 bridgehead atoms. The molecule has 40 heavy (non-hydrogen) atoms. The lowest BCUT2D eigenvalue weighted by Crippen LogP contribution is -2.34. The molecule has 7 heteroatoms. The van der Waals surface area contributed by atoms with Crippen LogP contribution in [0.25, 0.3) is 11.1 Å². The molecule has 0 saturated heterocycles. The quantitative estimate of drug-likeness (QED) is 0.302. The van der Waals surface area contributed by atoms with Gasteiger partial charge in [-0.15, -0.1) is 11.3 Å². The van der Waals surface area contributed by atoms with E-state index in [4.69, 9.17) is 4.98 Å². The zero-order chi connectivity index (χ0) is 27.3. The largest absolute Gasteiger partial charge is 0.380 e. The molecule has 7 rings (SSSR count).